The molecule has 0 saturated heterocycles. The molecule has 8 nitrogen and oxygen atoms in total. The molecule has 0 spiro atoms. The number of methoxy groups -OCH3 is 3. The minimum atomic E-state index is -2.35. The molecule has 1 rings (SSSR count). The third-order valence-electron chi connectivity index (χ3n) is 4.05. The fourth-order valence-electron chi connectivity index (χ4n) is 3.02. The number of aliphatic carboxylic acids is 1. The van der Waals surface area contributed by atoms with Crippen molar-refractivity contribution < 1.29 is 38.5 Å². The summed E-state index contributed by atoms with van der Waals surface area (Å²) in [4.78, 5) is 48.5. The smallest absolute Gasteiger partial charge is 0.325 e. The number of carboxylic acids is 1. The molecule has 1 saturated carbocycles. The van der Waals surface area contributed by atoms with Gasteiger partial charge in [-0.25, -0.2) is 0 Å². The summed E-state index contributed by atoms with van der Waals surface area (Å²) in [5.74, 6) is -4.99. The van der Waals surface area contributed by atoms with Gasteiger partial charge in [-0.1, -0.05) is 12.8 Å². The first-order chi connectivity index (χ1) is 9.84. The Hall–Kier alpha value is -2.12. The second-order valence-electron chi connectivity index (χ2n) is 4.80. The molecule has 1 aliphatic rings. The average molecular weight is 302 g/mol. The van der Waals surface area contributed by atoms with Crippen molar-refractivity contribution in [1.82, 2.24) is 0 Å². The highest BCUT2D eigenvalue weighted by Gasteiger charge is 2.73. The summed E-state index contributed by atoms with van der Waals surface area (Å²) >= 11 is 0. The van der Waals surface area contributed by atoms with Gasteiger partial charge < -0.3 is 19.3 Å². The normalized spacial score (nSPS) is 23.8. The Bertz CT molecular complexity index is 453. The van der Waals surface area contributed by atoms with Gasteiger partial charge in [-0.3, -0.25) is 19.2 Å². The monoisotopic (exact) mass is 302 g/mol. The van der Waals surface area contributed by atoms with E-state index in [0.29, 0.717) is 12.8 Å². The van der Waals surface area contributed by atoms with Crippen LogP contribution in [0.25, 0.3) is 0 Å². The molecule has 1 atom stereocenters. The van der Waals surface area contributed by atoms with Gasteiger partial charge in [0, 0.05) is 0 Å². The Kier molecular flexibility index (Phi) is 4.93. The standard InChI is InChI=1S/C13H18O8/c1-19-9(16)12(8(14)15)6-4-5-7-13(12,10(17)20-2)11(18)21-3/h4-7H2,1-3H3,(H,14,15). The summed E-state index contributed by atoms with van der Waals surface area (Å²) in [6.45, 7) is 0. The first-order valence-electron chi connectivity index (χ1n) is 6.33. The van der Waals surface area contributed by atoms with E-state index in [-0.39, 0.29) is 12.8 Å². The van der Waals surface area contributed by atoms with Gasteiger partial charge in [0.25, 0.3) is 0 Å². The third-order valence-corrected chi connectivity index (χ3v) is 4.05. The number of hydrogen-bond acceptors (Lipinski definition) is 7. The van der Waals surface area contributed by atoms with E-state index in [1.165, 1.54) is 0 Å². The lowest BCUT2D eigenvalue weighted by Crippen LogP contribution is -2.63. The van der Waals surface area contributed by atoms with E-state index >= 15 is 0 Å². The van der Waals surface area contributed by atoms with Crippen LogP contribution < -0.4 is 0 Å². The van der Waals surface area contributed by atoms with Crippen LogP contribution in [0.3, 0.4) is 0 Å². The topological polar surface area (TPSA) is 116 Å². The van der Waals surface area contributed by atoms with Gasteiger partial charge >= 0.3 is 23.9 Å². The fraction of sp³-hybridized carbons (Fsp3) is 0.692. The maximum Gasteiger partial charge on any atom is 0.325 e. The van der Waals surface area contributed by atoms with Crippen molar-refractivity contribution in [2.45, 2.75) is 25.7 Å². The molecular formula is C13H18O8. The van der Waals surface area contributed by atoms with Gasteiger partial charge in [0.05, 0.1) is 21.3 Å². The summed E-state index contributed by atoms with van der Waals surface area (Å²) in [7, 11) is 3.04. The van der Waals surface area contributed by atoms with E-state index < -0.39 is 34.7 Å². The van der Waals surface area contributed by atoms with Crippen molar-refractivity contribution >= 4 is 23.9 Å². The zero-order chi connectivity index (χ0) is 16.3. The molecule has 0 amide bonds. The molecule has 8 heteroatoms. The van der Waals surface area contributed by atoms with Crippen LogP contribution in [-0.2, 0) is 33.4 Å². The summed E-state index contributed by atoms with van der Waals surface area (Å²) in [6.07, 6.45) is 0.375. The molecule has 1 unspecified atom stereocenters. The molecule has 1 aliphatic carbocycles. The SMILES string of the molecule is COC(=O)C1(C(=O)O)CCCCC1(C(=O)OC)C(=O)OC. The second-order valence-corrected chi connectivity index (χ2v) is 4.80. The first-order valence-corrected chi connectivity index (χ1v) is 6.33. The lowest BCUT2D eigenvalue weighted by molar-refractivity contribution is -0.203. The lowest BCUT2D eigenvalue weighted by Gasteiger charge is -2.44. The molecular weight excluding hydrogens is 284 g/mol. The Morgan fingerprint density at radius 2 is 1.10 bits per heavy atom. The molecule has 0 radical (unpaired) electrons. The lowest BCUT2D eigenvalue weighted by atomic mass is 9.55. The summed E-state index contributed by atoms with van der Waals surface area (Å²) in [5.41, 5.74) is -4.59. The minimum Gasteiger partial charge on any atom is -0.480 e. The Morgan fingerprint density at radius 1 is 0.762 bits per heavy atom. The number of carboxylic acid groups (broad SMARTS) is 1. The first kappa shape index (κ1) is 16.9. The van der Waals surface area contributed by atoms with Crippen molar-refractivity contribution in [2.75, 3.05) is 21.3 Å². The van der Waals surface area contributed by atoms with Crippen LogP contribution in [0, 0.1) is 10.8 Å². The highest BCUT2D eigenvalue weighted by Crippen LogP contribution is 2.53. The second kappa shape index (κ2) is 6.11. The molecule has 0 bridgehead atoms. The van der Waals surface area contributed by atoms with E-state index in [4.69, 9.17) is 0 Å². The molecule has 0 aromatic rings. The van der Waals surface area contributed by atoms with Crippen molar-refractivity contribution in [1.29, 1.82) is 0 Å². The van der Waals surface area contributed by atoms with Crippen LogP contribution in [0.5, 0.6) is 0 Å². The minimum absolute atomic E-state index is 0.159. The molecule has 1 N–H and O–H groups in total. The fourth-order valence-corrected chi connectivity index (χ4v) is 3.02. The van der Waals surface area contributed by atoms with Crippen LogP contribution in [0.4, 0.5) is 0 Å². The Labute approximate surface area is 121 Å². The summed E-state index contributed by atoms with van der Waals surface area (Å²) in [6, 6.07) is 0. The van der Waals surface area contributed by atoms with Crippen LogP contribution >= 0.6 is 0 Å². The van der Waals surface area contributed by atoms with Gasteiger partial charge in [0.1, 0.15) is 0 Å². The Balaban J connectivity index is 3.67. The quantitative estimate of drug-likeness (QED) is 0.443. The average Bonchev–Trinajstić information content (AvgIpc) is 2.51. The van der Waals surface area contributed by atoms with Crippen molar-refractivity contribution in [3.05, 3.63) is 0 Å². The number of carbonyl (C=O) groups is 4. The number of carbonyl (C=O) groups excluding carboxylic acids is 3. The number of hydrogen-bond donors (Lipinski definition) is 1. The van der Waals surface area contributed by atoms with Gasteiger partial charge in [-0.05, 0) is 12.8 Å². The van der Waals surface area contributed by atoms with E-state index in [1.807, 2.05) is 0 Å². The van der Waals surface area contributed by atoms with Crippen molar-refractivity contribution in [3.63, 3.8) is 0 Å². The highest BCUT2D eigenvalue weighted by molar-refractivity contribution is 6.14. The van der Waals surface area contributed by atoms with Gasteiger partial charge in [-0.2, -0.15) is 0 Å². The van der Waals surface area contributed by atoms with Crippen LogP contribution in [0.15, 0.2) is 0 Å². The molecule has 0 aromatic heterocycles. The number of ether oxygens (including phenoxy) is 3. The molecule has 1 fully saturated rings. The number of rotatable bonds is 4. The zero-order valence-electron chi connectivity index (χ0n) is 12.1. The zero-order valence-corrected chi connectivity index (χ0v) is 12.1. The molecule has 21 heavy (non-hydrogen) atoms. The molecule has 0 heterocycles. The van der Waals surface area contributed by atoms with Crippen LogP contribution in [0.2, 0.25) is 0 Å². The van der Waals surface area contributed by atoms with Crippen LogP contribution in [-0.4, -0.2) is 50.3 Å². The predicted octanol–water partition coefficient (Wildman–Crippen LogP) is 0.137. The van der Waals surface area contributed by atoms with E-state index in [0.717, 1.165) is 21.3 Å². The van der Waals surface area contributed by atoms with Crippen LogP contribution in [0.1, 0.15) is 25.7 Å². The molecule has 0 aromatic carbocycles. The van der Waals surface area contributed by atoms with E-state index in [9.17, 15) is 24.3 Å². The Morgan fingerprint density at radius 3 is 1.43 bits per heavy atom. The van der Waals surface area contributed by atoms with Crippen molar-refractivity contribution in [2.24, 2.45) is 10.8 Å². The van der Waals surface area contributed by atoms with Gasteiger partial charge in [-0.15, -0.1) is 0 Å². The third kappa shape index (κ3) is 2.14. The number of esters is 3. The van der Waals surface area contributed by atoms with E-state index in [1.54, 1.807) is 0 Å². The largest absolute Gasteiger partial charge is 0.480 e. The molecule has 0 aliphatic heterocycles. The maximum atomic E-state index is 12.2. The highest BCUT2D eigenvalue weighted by atomic mass is 16.6. The maximum absolute atomic E-state index is 12.2. The molecule has 118 valence electrons. The van der Waals surface area contributed by atoms with E-state index in [2.05, 4.69) is 14.2 Å². The van der Waals surface area contributed by atoms with Crippen molar-refractivity contribution in [3.8, 4) is 0 Å². The summed E-state index contributed by atoms with van der Waals surface area (Å²) in [5, 5.41) is 9.60. The predicted molar refractivity (Wildman–Crippen MR) is 67.0 cm³/mol. The summed E-state index contributed by atoms with van der Waals surface area (Å²) < 4.78 is 13.8. The van der Waals surface area contributed by atoms with Gasteiger partial charge in [0.15, 0.2) is 10.8 Å². The van der Waals surface area contributed by atoms with Gasteiger partial charge in [0.2, 0.25) is 0 Å².